The minimum absolute atomic E-state index is 0.0312. The van der Waals surface area contributed by atoms with Crippen LogP contribution in [0.2, 0.25) is 0 Å². The number of likely N-dealkylation sites (tertiary alicyclic amines) is 1. The molecule has 0 spiro atoms. The van der Waals surface area contributed by atoms with Crippen LogP contribution >= 0.6 is 0 Å². The second kappa shape index (κ2) is 33.3. The van der Waals surface area contributed by atoms with Gasteiger partial charge in [0.25, 0.3) is 0 Å². The number of carbonyl (C=O) groups excluding carboxylic acids is 12. The summed E-state index contributed by atoms with van der Waals surface area (Å²) < 4.78 is 4.53. The molecule has 77 heavy (non-hydrogen) atoms. The number of amides is 11. The van der Waals surface area contributed by atoms with Crippen molar-refractivity contribution in [1.29, 1.82) is 0 Å². The Balaban J connectivity index is 3.46. The lowest BCUT2D eigenvalue weighted by Crippen LogP contribution is -2.61. The molecule has 1 saturated heterocycles. The number of aliphatic hydroxyl groups excluding tert-OH is 2. The van der Waals surface area contributed by atoms with E-state index < -0.39 is 188 Å². The number of carboxylic acid groups (broad SMARTS) is 2. The van der Waals surface area contributed by atoms with Crippen molar-refractivity contribution in [3.8, 4) is 0 Å². The first kappa shape index (κ1) is 67.3. The Bertz CT molecular complexity index is 2170. The van der Waals surface area contributed by atoms with Gasteiger partial charge in [0, 0.05) is 32.4 Å². The first-order valence-corrected chi connectivity index (χ1v) is 24.7. The van der Waals surface area contributed by atoms with Gasteiger partial charge in [0.05, 0.1) is 26.2 Å². The number of nitrogens with one attached hydrogen (secondary N) is 8. The van der Waals surface area contributed by atoms with Crippen LogP contribution < -0.4 is 54.0 Å². The van der Waals surface area contributed by atoms with Gasteiger partial charge in [-0.3, -0.25) is 57.5 Å². The van der Waals surface area contributed by atoms with E-state index in [0.29, 0.717) is 0 Å². The van der Waals surface area contributed by atoms with Crippen molar-refractivity contribution in [3.05, 3.63) is 12.2 Å². The molecule has 0 aliphatic carbocycles. The average Bonchev–Trinajstić information content (AvgIpc) is 3.83. The Morgan fingerprint density at radius 2 is 1.14 bits per heavy atom. The lowest BCUT2D eigenvalue weighted by Gasteiger charge is -2.31. The zero-order chi connectivity index (χ0) is 58.9. The fourth-order valence-corrected chi connectivity index (χ4v) is 7.70. The van der Waals surface area contributed by atoms with Crippen molar-refractivity contribution in [2.75, 3.05) is 20.3 Å². The van der Waals surface area contributed by atoms with Crippen LogP contribution in [0.25, 0.3) is 0 Å². The summed E-state index contributed by atoms with van der Waals surface area (Å²) in [6, 6.07) is -14.2. The monoisotopic (exact) mass is 1100 g/mol. The maximum atomic E-state index is 14.0. The van der Waals surface area contributed by atoms with E-state index in [1.807, 2.05) is 0 Å². The molecule has 432 valence electrons. The highest BCUT2D eigenvalue weighted by Gasteiger charge is 2.41. The number of esters is 1. The van der Waals surface area contributed by atoms with Crippen LogP contribution in [0.5, 0.6) is 0 Å². The third-order valence-corrected chi connectivity index (χ3v) is 11.7. The van der Waals surface area contributed by atoms with Crippen LogP contribution in [0.4, 0.5) is 0 Å². The zero-order valence-electron chi connectivity index (χ0n) is 44.1. The van der Waals surface area contributed by atoms with Crippen molar-refractivity contribution in [2.24, 2.45) is 23.3 Å². The number of aliphatic carboxylic acids is 2. The summed E-state index contributed by atoms with van der Waals surface area (Å²) in [5, 5.41) is 57.9. The highest BCUT2D eigenvalue weighted by Crippen LogP contribution is 2.20. The number of hydrogen-bond acceptors (Lipinski definition) is 17. The average molecular weight is 1100 g/mol. The Labute approximate surface area is 443 Å². The molecule has 30 heteroatoms. The maximum absolute atomic E-state index is 14.0. The van der Waals surface area contributed by atoms with Crippen LogP contribution in [0, 0.1) is 11.8 Å². The molecular weight excluding hydrogens is 1020 g/mol. The Hall–Kier alpha value is -7.76. The van der Waals surface area contributed by atoms with Crippen LogP contribution in [0.1, 0.15) is 106 Å². The van der Waals surface area contributed by atoms with Crippen LogP contribution in [0.15, 0.2) is 12.2 Å². The standard InChI is InChI=1S/C47H75N11O19/c1-22(2)19-29(43(71)57-38(24(5)60)47(75)76)54-44(72)32-12-10-18-58(32)46(74)31(21-59)55-45(73)37(23(3)4)56-41(69)27(14-16-33(48)62)52-40(68)28(15-17-35(64)65)53-39(67)26(11-8-9-13-36(66)77-7)51-42(70)30(20-34(49)63)50-25(6)61/h9,13,22-24,26-32,37-38,59-60H,8,10-12,14-21H2,1-7H3,(H2,48,62)(H2,49,63)(H,50,61)(H,51,70)(H,52,68)(H,53,67)(H,54,72)(H,55,73)(H,56,69)(H,57,71)(H,64,65)(H,75,76)/b13-9+/t24?,26-,27-,28-,29-,30-,31-,32-,37-,38-/m0/s1. The van der Waals surface area contributed by atoms with E-state index in [1.165, 1.54) is 19.9 Å². The smallest absolute Gasteiger partial charge is 0.330 e. The fourth-order valence-electron chi connectivity index (χ4n) is 7.70. The molecule has 0 saturated carbocycles. The molecule has 1 aliphatic rings. The van der Waals surface area contributed by atoms with Gasteiger partial charge in [0.2, 0.25) is 65.0 Å². The van der Waals surface area contributed by atoms with E-state index in [9.17, 15) is 87.5 Å². The third-order valence-electron chi connectivity index (χ3n) is 11.7. The number of rotatable bonds is 34. The summed E-state index contributed by atoms with van der Waals surface area (Å²) >= 11 is 0. The van der Waals surface area contributed by atoms with Crippen molar-refractivity contribution >= 4 is 82.9 Å². The van der Waals surface area contributed by atoms with Gasteiger partial charge in [0.15, 0.2) is 6.04 Å². The topological polar surface area (TPSA) is 481 Å². The maximum Gasteiger partial charge on any atom is 0.330 e. The summed E-state index contributed by atoms with van der Waals surface area (Å²) in [5.41, 5.74) is 10.6. The first-order valence-electron chi connectivity index (χ1n) is 24.7. The largest absolute Gasteiger partial charge is 0.481 e. The van der Waals surface area contributed by atoms with Crippen LogP contribution in [0.3, 0.4) is 0 Å². The number of methoxy groups -OCH3 is 1. The minimum Gasteiger partial charge on any atom is -0.481 e. The van der Waals surface area contributed by atoms with Gasteiger partial charge < -0.3 is 84.1 Å². The Morgan fingerprint density at radius 1 is 0.636 bits per heavy atom. The molecule has 0 radical (unpaired) electrons. The van der Waals surface area contributed by atoms with E-state index in [1.54, 1.807) is 13.8 Å². The molecule has 11 amide bonds. The van der Waals surface area contributed by atoms with Gasteiger partial charge >= 0.3 is 17.9 Å². The number of aliphatic hydroxyl groups is 2. The second-order valence-corrected chi connectivity index (χ2v) is 19.0. The highest BCUT2D eigenvalue weighted by molar-refractivity contribution is 5.99. The Morgan fingerprint density at radius 3 is 1.61 bits per heavy atom. The van der Waals surface area contributed by atoms with Gasteiger partial charge in [-0.05, 0) is 63.7 Å². The van der Waals surface area contributed by atoms with Crippen LogP contribution in [-0.2, 0) is 71.9 Å². The van der Waals surface area contributed by atoms with Crippen molar-refractivity contribution < 1.29 is 92.3 Å². The highest BCUT2D eigenvalue weighted by atomic mass is 16.5. The quantitative estimate of drug-likeness (QED) is 0.0211. The van der Waals surface area contributed by atoms with Crippen LogP contribution in [-0.4, -0.2) is 189 Å². The lowest BCUT2D eigenvalue weighted by molar-refractivity contribution is -0.146. The number of nitrogens with zero attached hydrogens (tertiary/aromatic N) is 1. The first-order chi connectivity index (χ1) is 35.9. The van der Waals surface area contributed by atoms with E-state index in [4.69, 9.17) is 11.5 Å². The van der Waals surface area contributed by atoms with Gasteiger partial charge in [-0.25, -0.2) is 9.59 Å². The fraction of sp³-hybridized carbons (Fsp3) is 0.660. The number of allylic oxidation sites excluding steroid dienone is 1. The molecule has 0 aromatic carbocycles. The lowest BCUT2D eigenvalue weighted by atomic mass is 10.0. The van der Waals surface area contributed by atoms with Gasteiger partial charge in [-0.15, -0.1) is 0 Å². The molecule has 1 heterocycles. The molecular formula is C47H75N11O19. The van der Waals surface area contributed by atoms with Gasteiger partial charge in [-0.2, -0.15) is 0 Å². The molecule has 0 aromatic heterocycles. The summed E-state index contributed by atoms with van der Waals surface area (Å²) in [6.07, 6.45) is -2.37. The molecule has 0 aromatic rings. The number of nitrogens with two attached hydrogens (primary N) is 2. The Kier molecular flexibility index (Phi) is 29.1. The molecule has 1 unspecified atom stereocenters. The van der Waals surface area contributed by atoms with E-state index >= 15 is 0 Å². The van der Waals surface area contributed by atoms with Crippen molar-refractivity contribution in [1.82, 2.24) is 47.4 Å². The summed E-state index contributed by atoms with van der Waals surface area (Å²) in [6.45, 7) is 7.56. The van der Waals surface area contributed by atoms with E-state index in [-0.39, 0.29) is 44.6 Å². The van der Waals surface area contributed by atoms with E-state index in [2.05, 4.69) is 47.3 Å². The third kappa shape index (κ3) is 24.2. The molecule has 1 rings (SSSR count). The van der Waals surface area contributed by atoms with Gasteiger partial charge in [0.1, 0.15) is 48.3 Å². The minimum atomic E-state index is -1.79. The number of hydrogen-bond donors (Lipinski definition) is 14. The number of primary amides is 2. The number of ether oxygens (including phenoxy) is 1. The normalized spacial score (nSPS) is 16.7. The second-order valence-electron chi connectivity index (χ2n) is 19.0. The molecule has 1 aliphatic heterocycles. The van der Waals surface area contributed by atoms with Gasteiger partial charge in [-0.1, -0.05) is 33.8 Å². The summed E-state index contributed by atoms with van der Waals surface area (Å²) in [5.74, 6) is -15.6. The van der Waals surface area contributed by atoms with E-state index in [0.717, 1.165) is 31.9 Å². The predicted molar refractivity (Wildman–Crippen MR) is 266 cm³/mol. The zero-order valence-corrected chi connectivity index (χ0v) is 44.1. The molecule has 0 bridgehead atoms. The predicted octanol–water partition coefficient (Wildman–Crippen LogP) is -5.45. The van der Waals surface area contributed by atoms with Crippen molar-refractivity contribution in [3.63, 3.8) is 0 Å². The molecule has 10 atom stereocenters. The summed E-state index contributed by atoms with van der Waals surface area (Å²) in [7, 11) is 1.10. The number of carbonyl (C=O) groups is 14. The SMILES string of the molecule is COC(=O)/C=C/CC[C@H](NC(=O)[C@H](CC(N)=O)NC(C)=O)C(=O)N[C@@H](CCC(=O)O)C(=O)N[C@@H](CCC(N)=O)C(=O)N[C@H](C(=O)N[C@@H](CO)C(=O)N1CCC[C@H]1C(=O)N[C@@H](CC(C)C)C(=O)N[C@H](C(=O)O)C(C)O)C(C)C. The molecule has 1 fully saturated rings. The number of carboxylic acids is 2. The molecule has 16 N–H and O–H groups in total. The van der Waals surface area contributed by atoms with Crippen molar-refractivity contribution in [2.45, 2.75) is 166 Å². The summed E-state index contributed by atoms with van der Waals surface area (Å²) in [4.78, 5) is 181. The molecule has 30 nitrogen and oxygen atoms in total.